The average Bonchev–Trinajstić information content (AvgIpc) is 3.31. The van der Waals surface area contributed by atoms with Crippen LogP contribution in [0.25, 0.3) is 5.57 Å². The third-order valence-electron chi connectivity index (χ3n) is 4.98. The summed E-state index contributed by atoms with van der Waals surface area (Å²) >= 11 is 1.40. The number of hydrogen-bond acceptors (Lipinski definition) is 4. The van der Waals surface area contributed by atoms with Crippen LogP contribution in [0.15, 0.2) is 78.2 Å². The highest BCUT2D eigenvalue weighted by molar-refractivity contribution is 7.12. The molecule has 30 heavy (non-hydrogen) atoms. The standard InChI is InChI=1S/C24H23N3O2S/c28-23(17-27-14-12-19(13-15-27)18-5-2-1-3-6-18)25-20-8-10-21(11-9-20)26-24(29)22-7-4-16-30-22/h1-12,16H,13-15,17H2,(H,25,28)(H,26,29). The third-order valence-corrected chi connectivity index (χ3v) is 5.85. The summed E-state index contributed by atoms with van der Waals surface area (Å²) in [7, 11) is 0. The minimum Gasteiger partial charge on any atom is -0.325 e. The summed E-state index contributed by atoms with van der Waals surface area (Å²) in [5.41, 5.74) is 4.01. The van der Waals surface area contributed by atoms with Gasteiger partial charge in [0.1, 0.15) is 0 Å². The molecule has 1 aliphatic rings. The first-order chi connectivity index (χ1) is 14.7. The molecule has 2 amide bonds. The van der Waals surface area contributed by atoms with Crippen molar-refractivity contribution in [1.29, 1.82) is 0 Å². The Morgan fingerprint density at radius 3 is 2.27 bits per heavy atom. The van der Waals surface area contributed by atoms with Crippen molar-refractivity contribution in [2.75, 3.05) is 30.3 Å². The fourth-order valence-electron chi connectivity index (χ4n) is 3.41. The molecule has 2 heterocycles. The van der Waals surface area contributed by atoms with Crippen molar-refractivity contribution in [2.24, 2.45) is 0 Å². The van der Waals surface area contributed by atoms with E-state index in [2.05, 4.69) is 45.9 Å². The molecule has 2 aromatic carbocycles. The molecule has 1 aromatic heterocycles. The lowest BCUT2D eigenvalue weighted by atomic mass is 10.00. The average molecular weight is 418 g/mol. The second-order valence-electron chi connectivity index (χ2n) is 7.14. The lowest BCUT2D eigenvalue weighted by molar-refractivity contribution is -0.117. The Labute approximate surface area is 180 Å². The minimum absolute atomic E-state index is 0.0399. The number of rotatable bonds is 6. The molecule has 0 atom stereocenters. The first-order valence-corrected chi connectivity index (χ1v) is 10.8. The summed E-state index contributed by atoms with van der Waals surface area (Å²) in [5, 5.41) is 7.65. The summed E-state index contributed by atoms with van der Waals surface area (Å²) in [6.07, 6.45) is 3.15. The molecular formula is C24H23N3O2S. The van der Waals surface area contributed by atoms with Crippen molar-refractivity contribution in [3.63, 3.8) is 0 Å². The van der Waals surface area contributed by atoms with Crippen molar-refractivity contribution in [3.8, 4) is 0 Å². The van der Waals surface area contributed by atoms with Crippen molar-refractivity contribution >= 4 is 40.1 Å². The molecule has 0 spiro atoms. The molecule has 2 N–H and O–H groups in total. The first-order valence-electron chi connectivity index (χ1n) is 9.89. The Morgan fingerprint density at radius 2 is 1.63 bits per heavy atom. The summed E-state index contributed by atoms with van der Waals surface area (Å²) in [5.74, 6) is -0.170. The number of carbonyl (C=O) groups excluding carboxylic acids is 2. The van der Waals surface area contributed by atoms with E-state index in [0.717, 1.165) is 19.5 Å². The van der Waals surface area contributed by atoms with Gasteiger partial charge < -0.3 is 10.6 Å². The van der Waals surface area contributed by atoms with Gasteiger partial charge in [0.2, 0.25) is 5.91 Å². The van der Waals surface area contributed by atoms with Gasteiger partial charge in [-0.05, 0) is 53.3 Å². The summed E-state index contributed by atoms with van der Waals surface area (Å²) in [4.78, 5) is 27.3. The molecule has 0 unspecified atom stereocenters. The van der Waals surface area contributed by atoms with Crippen LogP contribution in [0, 0.1) is 0 Å². The van der Waals surface area contributed by atoms with E-state index in [0.29, 0.717) is 22.8 Å². The lowest BCUT2D eigenvalue weighted by Crippen LogP contribution is -2.36. The van der Waals surface area contributed by atoms with E-state index in [1.165, 1.54) is 22.5 Å². The number of nitrogens with zero attached hydrogens (tertiary/aromatic N) is 1. The van der Waals surface area contributed by atoms with Gasteiger partial charge in [-0.1, -0.05) is 42.5 Å². The SMILES string of the molecule is O=C(CN1CC=C(c2ccccc2)CC1)Nc1ccc(NC(=O)c2cccs2)cc1. The highest BCUT2D eigenvalue weighted by atomic mass is 32.1. The van der Waals surface area contributed by atoms with Crippen molar-refractivity contribution < 1.29 is 9.59 Å². The predicted molar refractivity (Wildman–Crippen MR) is 123 cm³/mol. The van der Waals surface area contributed by atoms with Gasteiger partial charge in [0.05, 0.1) is 11.4 Å². The van der Waals surface area contributed by atoms with Crippen LogP contribution in [-0.2, 0) is 4.79 Å². The van der Waals surface area contributed by atoms with Gasteiger partial charge in [-0.3, -0.25) is 14.5 Å². The Bertz CT molecular complexity index is 1030. The van der Waals surface area contributed by atoms with Crippen LogP contribution in [0.1, 0.15) is 21.7 Å². The van der Waals surface area contributed by atoms with E-state index in [1.54, 1.807) is 30.3 Å². The zero-order chi connectivity index (χ0) is 20.8. The van der Waals surface area contributed by atoms with Crippen molar-refractivity contribution in [3.05, 3.63) is 88.6 Å². The van der Waals surface area contributed by atoms with Crippen LogP contribution in [0.3, 0.4) is 0 Å². The summed E-state index contributed by atoms with van der Waals surface area (Å²) < 4.78 is 0. The molecule has 0 radical (unpaired) electrons. The van der Waals surface area contributed by atoms with Gasteiger partial charge in [0, 0.05) is 24.5 Å². The smallest absolute Gasteiger partial charge is 0.265 e. The third kappa shape index (κ3) is 5.23. The van der Waals surface area contributed by atoms with Gasteiger partial charge in [0.25, 0.3) is 5.91 Å². The number of amides is 2. The number of benzene rings is 2. The highest BCUT2D eigenvalue weighted by Gasteiger charge is 2.16. The van der Waals surface area contributed by atoms with E-state index in [4.69, 9.17) is 0 Å². The Balaban J connectivity index is 1.26. The lowest BCUT2D eigenvalue weighted by Gasteiger charge is -2.25. The quantitative estimate of drug-likeness (QED) is 0.610. The van der Waals surface area contributed by atoms with Crippen LogP contribution in [0.5, 0.6) is 0 Å². The van der Waals surface area contributed by atoms with Gasteiger partial charge in [-0.15, -0.1) is 11.3 Å². The van der Waals surface area contributed by atoms with E-state index >= 15 is 0 Å². The Hall–Kier alpha value is -3.22. The number of hydrogen-bond donors (Lipinski definition) is 2. The molecule has 5 nitrogen and oxygen atoms in total. The van der Waals surface area contributed by atoms with Gasteiger partial charge in [0.15, 0.2) is 0 Å². The molecule has 1 aliphatic heterocycles. The van der Waals surface area contributed by atoms with E-state index in [9.17, 15) is 9.59 Å². The molecule has 6 heteroatoms. The van der Waals surface area contributed by atoms with Crippen LogP contribution in [-0.4, -0.2) is 36.3 Å². The number of thiophene rings is 1. The summed E-state index contributed by atoms with van der Waals surface area (Å²) in [6.45, 7) is 1.99. The maximum atomic E-state index is 12.4. The zero-order valence-electron chi connectivity index (χ0n) is 16.5. The normalized spacial score (nSPS) is 14.1. The fourth-order valence-corrected chi connectivity index (χ4v) is 4.03. The van der Waals surface area contributed by atoms with Crippen LogP contribution in [0.4, 0.5) is 11.4 Å². The molecule has 0 saturated heterocycles. The second kappa shape index (κ2) is 9.52. The highest BCUT2D eigenvalue weighted by Crippen LogP contribution is 2.22. The topological polar surface area (TPSA) is 61.4 Å². The molecule has 3 aromatic rings. The first kappa shape index (κ1) is 20.1. The molecule has 0 saturated carbocycles. The zero-order valence-corrected chi connectivity index (χ0v) is 17.3. The van der Waals surface area contributed by atoms with Crippen LogP contribution in [0.2, 0.25) is 0 Å². The van der Waals surface area contributed by atoms with Gasteiger partial charge in [-0.2, -0.15) is 0 Å². The number of nitrogens with one attached hydrogen (secondary N) is 2. The van der Waals surface area contributed by atoms with Gasteiger partial charge in [-0.25, -0.2) is 0 Å². The molecule has 0 bridgehead atoms. The maximum Gasteiger partial charge on any atom is 0.265 e. The molecule has 0 aliphatic carbocycles. The monoisotopic (exact) mass is 417 g/mol. The van der Waals surface area contributed by atoms with E-state index in [-0.39, 0.29) is 11.8 Å². The number of carbonyl (C=O) groups is 2. The van der Waals surface area contributed by atoms with Crippen molar-refractivity contribution in [1.82, 2.24) is 4.90 Å². The summed E-state index contributed by atoms with van der Waals surface area (Å²) in [6, 6.07) is 21.2. The second-order valence-corrected chi connectivity index (χ2v) is 8.09. The van der Waals surface area contributed by atoms with Crippen LogP contribution < -0.4 is 10.6 Å². The largest absolute Gasteiger partial charge is 0.325 e. The molecule has 0 fully saturated rings. The Morgan fingerprint density at radius 1 is 0.900 bits per heavy atom. The number of anilines is 2. The molecule has 4 rings (SSSR count). The maximum absolute atomic E-state index is 12.4. The van der Waals surface area contributed by atoms with E-state index in [1.807, 2.05) is 17.5 Å². The minimum atomic E-state index is -0.130. The van der Waals surface area contributed by atoms with Crippen molar-refractivity contribution in [2.45, 2.75) is 6.42 Å². The predicted octanol–water partition coefficient (Wildman–Crippen LogP) is 4.73. The van der Waals surface area contributed by atoms with E-state index < -0.39 is 0 Å². The van der Waals surface area contributed by atoms with Gasteiger partial charge >= 0.3 is 0 Å². The van der Waals surface area contributed by atoms with Crippen LogP contribution >= 0.6 is 11.3 Å². The molecule has 152 valence electrons. The molecular weight excluding hydrogens is 394 g/mol. The fraction of sp³-hybridized carbons (Fsp3) is 0.167. The Kier molecular flexibility index (Phi) is 6.37.